The molecule has 2 heterocycles. The predicted octanol–water partition coefficient (Wildman–Crippen LogP) is 4.49. The van der Waals surface area contributed by atoms with Crippen molar-refractivity contribution in [2.24, 2.45) is 10.7 Å². The summed E-state index contributed by atoms with van der Waals surface area (Å²) in [5.41, 5.74) is 13.2. The lowest BCUT2D eigenvalue weighted by Gasteiger charge is -2.15. The summed E-state index contributed by atoms with van der Waals surface area (Å²) in [5, 5.41) is 3.19. The van der Waals surface area contributed by atoms with E-state index >= 15 is 0 Å². The molecule has 148 valence electrons. The van der Waals surface area contributed by atoms with Gasteiger partial charge in [0.15, 0.2) is 0 Å². The van der Waals surface area contributed by atoms with Crippen molar-refractivity contribution in [3.8, 4) is 0 Å². The number of anilines is 2. The molecule has 29 heavy (non-hydrogen) atoms. The molecule has 0 saturated heterocycles. The molecule has 3 aromatic rings. The molecule has 3 N–H and O–H groups in total. The molecule has 0 unspecified atom stereocenters. The maximum absolute atomic E-state index is 5.54. The summed E-state index contributed by atoms with van der Waals surface area (Å²) in [6.45, 7) is 4.31. The standard InChI is InChI=1S/C14H15N5O.C9H10/c1-8-5-9(2)17-14(16-8)18-11-3-4-12-10(6-11)7-20-13(15)19-12;1-2-5-9-7-3-6-8(9)4-1/h3-6H,7H2,1-2H3,(H2,15,19)(H,16,17,18);1-2,4-5H,3,6-7H2. The van der Waals surface area contributed by atoms with Gasteiger partial charge in [0, 0.05) is 22.6 Å². The Balaban J connectivity index is 0.000000188. The van der Waals surface area contributed by atoms with Crippen molar-refractivity contribution in [2.45, 2.75) is 39.7 Å². The van der Waals surface area contributed by atoms with E-state index in [9.17, 15) is 0 Å². The number of hydrogen-bond donors (Lipinski definition) is 2. The fourth-order valence-corrected chi connectivity index (χ4v) is 3.62. The first-order valence-electron chi connectivity index (χ1n) is 9.83. The van der Waals surface area contributed by atoms with Crippen LogP contribution < -0.4 is 11.1 Å². The molecule has 0 radical (unpaired) electrons. The van der Waals surface area contributed by atoms with Crippen LogP contribution >= 0.6 is 0 Å². The highest BCUT2D eigenvalue weighted by molar-refractivity contribution is 5.78. The van der Waals surface area contributed by atoms with Gasteiger partial charge in [0.25, 0.3) is 6.02 Å². The normalized spacial score (nSPS) is 13.9. The van der Waals surface area contributed by atoms with Gasteiger partial charge in [-0.15, -0.1) is 0 Å². The quantitative estimate of drug-likeness (QED) is 0.677. The van der Waals surface area contributed by atoms with Crippen LogP contribution in [-0.2, 0) is 24.2 Å². The third kappa shape index (κ3) is 4.71. The Bertz CT molecular complexity index is 1020. The van der Waals surface area contributed by atoms with E-state index in [2.05, 4.69) is 44.5 Å². The predicted molar refractivity (Wildman–Crippen MR) is 116 cm³/mol. The zero-order chi connectivity index (χ0) is 20.2. The van der Waals surface area contributed by atoms with Gasteiger partial charge in [0.2, 0.25) is 5.95 Å². The van der Waals surface area contributed by atoms with Crippen molar-refractivity contribution in [3.63, 3.8) is 0 Å². The molecule has 0 amide bonds. The van der Waals surface area contributed by atoms with E-state index in [0.717, 1.165) is 28.3 Å². The van der Waals surface area contributed by atoms with Crippen LogP contribution in [0, 0.1) is 13.8 Å². The number of aliphatic imine (C=N–C) groups is 1. The second-order valence-electron chi connectivity index (χ2n) is 7.30. The first-order chi connectivity index (χ1) is 14.1. The monoisotopic (exact) mass is 387 g/mol. The molecular weight excluding hydrogens is 362 g/mol. The van der Waals surface area contributed by atoms with Gasteiger partial charge in [-0.25, -0.2) is 9.97 Å². The third-order valence-electron chi connectivity index (χ3n) is 4.93. The Morgan fingerprint density at radius 2 is 1.59 bits per heavy atom. The summed E-state index contributed by atoms with van der Waals surface area (Å²) in [6, 6.07) is 16.7. The molecule has 0 bridgehead atoms. The Morgan fingerprint density at radius 1 is 0.897 bits per heavy atom. The number of hydrogen-bond acceptors (Lipinski definition) is 6. The molecule has 0 saturated carbocycles. The summed E-state index contributed by atoms with van der Waals surface area (Å²) in [7, 11) is 0. The van der Waals surface area contributed by atoms with E-state index < -0.39 is 0 Å². The molecule has 2 aliphatic rings. The van der Waals surface area contributed by atoms with E-state index in [1.165, 1.54) is 19.3 Å². The molecule has 1 aliphatic heterocycles. The zero-order valence-electron chi connectivity index (χ0n) is 16.8. The average Bonchev–Trinajstić information content (AvgIpc) is 3.17. The topological polar surface area (TPSA) is 85.4 Å². The maximum Gasteiger partial charge on any atom is 0.287 e. The minimum absolute atomic E-state index is 0.204. The van der Waals surface area contributed by atoms with E-state index in [1.807, 2.05) is 38.1 Å². The Labute approximate surface area is 170 Å². The van der Waals surface area contributed by atoms with Crippen molar-refractivity contribution >= 4 is 23.3 Å². The van der Waals surface area contributed by atoms with Crippen LogP contribution in [0.5, 0.6) is 0 Å². The highest BCUT2D eigenvalue weighted by Crippen LogP contribution is 2.28. The minimum Gasteiger partial charge on any atom is -0.460 e. The number of nitrogens with one attached hydrogen (secondary N) is 1. The van der Waals surface area contributed by atoms with E-state index in [1.54, 1.807) is 11.1 Å². The first kappa shape index (κ1) is 18.9. The first-order valence-corrected chi connectivity index (χ1v) is 9.83. The lowest BCUT2D eigenvalue weighted by Crippen LogP contribution is -2.18. The molecule has 0 fully saturated rings. The lowest BCUT2D eigenvalue weighted by molar-refractivity contribution is 0.282. The largest absolute Gasteiger partial charge is 0.460 e. The van der Waals surface area contributed by atoms with Gasteiger partial charge < -0.3 is 15.8 Å². The summed E-state index contributed by atoms with van der Waals surface area (Å²) in [5.74, 6) is 0.585. The molecule has 5 rings (SSSR count). The fraction of sp³-hybridized carbons (Fsp3) is 0.261. The van der Waals surface area contributed by atoms with Crippen LogP contribution in [0.1, 0.15) is 34.5 Å². The summed E-state index contributed by atoms with van der Waals surface area (Å²) in [4.78, 5) is 12.8. The van der Waals surface area contributed by atoms with Crippen LogP contribution in [-0.4, -0.2) is 16.0 Å². The third-order valence-corrected chi connectivity index (χ3v) is 4.93. The van der Waals surface area contributed by atoms with Crippen molar-refractivity contribution in [2.75, 3.05) is 5.32 Å². The average molecular weight is 387 g/mol. The Kier molecular flexibility index (Phi) is 5.42. The second-order valence-corrected chi connectivity index (χ2v) is 7.30. The van der Waals surface area contributed by atoms with Gasteiger partial charge in [-0.05, 0) is 68.5 Å². The van der Waals surface area contributed by atoms with Crippen molar-refractivity contribution in [3.05, 3.63) is 76.6 Å². The molecule has 0 spiro atoms. The van der Waals surface area contributed by atoms with Crippen molar-refractivity contribution in [1.29, 1.82) is 0 Å². The number of benzene rings is 2. The lowest BCUT2D eigenvalue weighted by atomic mass is 10.1. The highest BCUT2D eigenvalue weighted by atomic mass is 16.5. The smallest absolute Gasteiger partial charge is 0.287 e. The second kappa shape index (κ2) is 8.31. The highest BCUT2D eigenvalue weighted by Gasteiger charge is 2.11. The number of nitrogens with two attached hydrogens (primary N) is 1. The van der Waals surface area contributed by atoms with E-state index in [-0.39, 0.29) is 6.02 Å². The number of nitrogens with zero attached hydrogens (tertiary/aromatic N) is 3. The summed E-state index contributed by atoms with van der Waals surface area (Å²) < 4.78 is 5.22. The molecular formula is C23H25N5O. The molecule has 2 aromatic carbocycles. The summed E-state index contributed by atoms with van der Waals surface area (Å²) >= 11 is 0. The van der Waals surface area contributed by atoms with Crippen LogP contribution in [0.3, 0.4) is 0 Å². The van der Waals surface area contributed by atoms with Crippen LogP contribution in [0.15, 0.2) is 53.5 Å². The van der Waals surface area contributed by atoms with Crippen molar-refractivity contribution in [1.82, 2.24) is 9.97 Å². The molecule has 1 aromatic heterocycles. The van der Waals surface area contributed by atoms with Gasteiger partial charge in [0.1, 0.15) is 6.61 Å². The molecule has 6 nitrogen and oxygen atoms in total. The van der Waals surface area contributed by atoms with Gasteiger partial charge in [-0.2, -0.15) is 4.99 Å². The number of amidine groups is 1. The number of aromatic nitrogens is 2. The number of ether oxygens (including phenoxy) is 1. The SMILES string of the molecule is Cc1cc(C)nc(Nc2ccc3c(c2)COC(N)=N3)n1.c1ccc2c(c1)CCC2. The minimum atomic E-state index is 0.204. The van der Waals surface area contributed by atoms with Gasteiger partial charge in [0.05, 0.1) is 5.69 Å². The fourth-order valence-electron chi connectivity index (χ4n) is 3.62. The Morgan fingerprint density at radius 3 is 2.28 bits per heavy atom. The molecule has 6 heteroatoms. The Hall–Kier alpha value is -3.41. The van der Waals surface area contributed by atoms with E-state index in [0.29, 0.717) is 12.6 Å². The number of fused-ring (bicyclic) bond motifs is 2. The van der Waals surface area contributed by atoms with E-state index in [4.69, 9.17) is 10.5 Å². The number of aryl methyl sites for hydroxylation is 4. The number of rotatable bonds is 2. The molecule has 1 aliphatic carbocycles. The van der Waals surface area contributed by atoms with Crippen LogP contribution in [0.25, 0.3) is 0 Å². The summed E-state index contributed by atoms with van der Waals surface area (Å²) in [6.07, 6.45) is 3.96. The molecule has 0 atom stereocenters. The van der Waals surface area contributed by atoms with Gasteiger partial charge >= 0.3 is 0 Å². The zero-order valence-corrected chi connectivity index (χ0v) is 16.8. The van der Waals surface area contributed by atoms with Gasteiger partial charge in [-0.1, -0.05) is 24.3 Å². The maximum atomic E-state index is 5.54. The van der Waals surface area contributed by atoms with Crippen molar-refractivity contribution < 1.29 is 4.74 Å². The van der Waals surface area contributed by atoms with Crippen LogP contribution in [0.2, 0.25) is 0 Å². The van der Waals surface area contributed by atoms with Gasteiger partial charge in [-0.3, -0.25) is 0 Å². The van der Waals surface area contributed by atoms with Crippen LogP contribution in [0.4, 0.5) is 17.3 Å².